The molecule has 1 aromatic carbocycles. The summed E-state index contributed by atoms with van der Waals surface area (Å²) in [6, 6.07) is 9.65. The van der Waals surface area contributed by atoms with Crippen molar-refractivity contribution in [2.45, 2.75) is 19.9 Å². The zero-order valence-corrected chi connectivity index (χ0v) is 10.5. The molecule has 0 amide bonds. The number of carboxylic acids is 1. The van der Waals surface area contributed by atoms with E-state index >= 15 is 0 Å². The minimum atomic E-state index is -0.969. The van der Waals surface area contributed by atoms with Crippen LogP contribution in [0.5, 0.6) is 0 Å². The van der Waals surface area contributed by atoms with Gasteiger partial charge in [0.1, 0.15) is 5.82 Å². The number of hydrogen-bond donors (Lipinski definition) is 1. The van der Waals surface area contributed by atoms with Gasteiger partial charge in [-0.25, -0.2) is 9.78 Å². The highest BCUT2D eigenvalue weighted by atomic mass is 16.4. The van der Waals surface area contributed by atoms with Crippen LogP contribution in [0.2, 0.25) is 0 Å². The molecule has 1 heterocycles. The Balaban J connectivity index is 2.48. The fraction of sp³-hybridized carbons (Fsp3) is 0.214. The van der Waals surface area contributed by atoms with Gasteiger partial charge in [0.2, 0.25) is 0 Å². The first-order valence-electron chi connectivity index (χ1n) is 5.83. The van der Waals surface area contributed by atoms with Crippen molar-refractivity contribution in [1.82, 2.24) is 9.55 Å². The summed E-state index contributed by atoms with van der Waals surface area (Å²) < 4.78 is 1.88. The third-order valence-corrected chi connectivity index (χ3v) is 2.75. The number of nitrogens with zero attached hydrogens (tertiary/aromatic N) is 3. The summed E-state index contributed by atoms with van der Waals surface area (Å²) in [5.41, 5.74) is 2.43. The van der Waals surface area contributed by atoms with Gasteiger partial charge < -0.3 is 9.67 Å². The standard InChI is InChI=1S/C14H13N3O2/c1-10(8-14(18)19)9-17-12-5-3-2-4-11(12)16-13(17)6-7-15/h2-5,8H,6,9H2,1H3,(H,18,19). The number of carbonyl (C=O) groups is 1. The van der Waals surface area contributed by atoms with Crippen molar-refractivity contribution in [1.29, 1.82) is 5.26 Å². The molecule has 0 radical (unpaired) electrons. The lowest BCUT2D eigenvalue weighted by molar-refractivity contribution is -0.131. The molecule has 19 heavy (non-hydrogen) atoms. The molecule has 0 atom stereocenters. The summed E-state index contributed by atoms with van der Waals surface area (Å²) in [7, 11) is 0. The van der Waals surface area contributed by atoms with Gasteiger partial charge in [0.05, 0.1) is 23.5 Å². The van der Waals surface area contributed by atoms with E-state index in [2.05, 4.69) is 11.1 Å². The van der Waals surface area contributed by atoms with Crippen LogP contribution in [0, 0.1) is 11.3 Å². The highest BCUT2D eigenvalue weighted by molar-refractivity contribution is 5.80. The zero-order valence-electron chi connectivity index (χ0n) is 10.5. The third kappa shape index (κ3) is 2.80. The number of aromatic nitrogens is 2. The molecular weight excluding hydrogens is 242 g/mol. The maximum atomic E-state index is 10.7. The molecule has 0 unspecified atom stereocenters. The van der Waals surface area contributed by atoms with Gasteiger partial charge in [0, 0.05) is 12.6 Å². The number of para-hydroxylation sites is 2. The van der Waals surface area contributed by atoms with E-state index in [0.29, 0.717) is 17.9 Å². The first-order valence-corrected chi connectivity index (χ1v) is 5.83. The molecule has 2 aromatic rings. The van der Waals surface area contributed by atoms with Crippen molar-refractivity contribution in [3.63, 3.8) is 0 Å². The van der Waals surface area contributed by atoms with Crippen LogP contribution in [0.4, 0.5) is 0 Å². The Hall–Kier alpha value is -2.61. The predicted octanol–water partition coefficient (Wildman–Crippen LogP) is 2.13. The van der Waals surface area contributed by atoms with Crippen molar-refractivity contribution in [2.24, 2.45) is 0 Å². The fourth-order valence-corrected chi connectivity index (χ4v) is 2.01. The monoisotopic (exact) mass is 255 g/mol. The molecule has 0 fully saturated rings. The molecule has 1 aromatic heterocycles. The van der Waals surface area contributed by atoms with Crippen molar-refractivity contribution in [2.75, 3.05) is 0 Å². The lowest BCUT2D eigenvalue weighted by Gasteiger charge is -2.07. The van der Waals surface area contributed by atoms with Crippen LogP contribution < -0.4 is 0 Å². The van der Waals surface area contributed by atoms with Gasteiger partial charge >= 0.3 is 5.97 Å². The second-order valence-electron chi connectivity index (χ2n) is 4.27. The maximum Gasteiger partial charge on any atom is 0.328 e. The largest absolute Gasteiger partial charge is 0.478 e. The Bertz CT molecular complexity index is 692. The van der Waals surface area contributed by atoms with Crippen LogP contribution in [0.25, 0.3) is 11.0 Å². The van der Waals surface area contributed by atoms with Crippen LogP contribution in [0.15, 0.2) is 35.9 Å². The maximum absolute atomic E-state index is 10.7. The molecule has 0 bridgehead atoms. The molecule has 0 aliphatic rings. The lowest BCUT2D eigenvalue weighted by atomic mass is 10.2. The molecule has 1 N–H and O–H groups in total. The zero-order chi connectivity index (χ0) is 13.8. The van der Waals surface area contributed by atoms with E-state index in [4.69, 9.17) is 10.4 Å². The second kappa shape index (κ2) is 5.36. The van der Waals surface area contributed by atoms with E-state index in [1.165, 1.54) is 6.08 Å². The summed E-state index contributed by atoms with van der Waals surface area (Å²) in [5, 5.41) is 17.6. The van der Waals surface area contributed by atoms with Crippen molar-refractivity contribution in [3.05, 3.63) is 41.7 Å². The molecule has 5 heteroatoms. The number of carboxylic acid groups (broad SMARTS) is 1. The van der Waals surface area contributed by atoms with Crippen LogP contribution in [-0.4, -0.2) is 20.6 Å². The minimum absolute atomic E-state index is 0.203. The molecular formula is C14H13N3O2. The average molecular weight is 255 g/mol. The lowest BCUT2D eigenvalue weighted by Crippen LogP contribution is -2.05. The van der Waals surface area contributed by atoms with Crippen LogP contribution in [0.3, 0.4) is 0 Å². The summed E-state index contributed by atoms with van der Waals surface area (Å²) in [6.45, 7) is 2.17. The van der Waals surface area contributed by atoms with Gasteiger partial charge in [-0.15, -0.1) is 0 Å². The average Bonchev–Trinajstić information content (AvgIpc) is 2.67. The van der Waals surface area contributed by atoms with E-state index in [1.807, 2.05) is 28.8 Å². The van der Waals surface area contributed by atoms with Crippen LogP contribution >= 0.6 is 0 Å². The van der Waals surface area contributed by atoms with Gasteiger partial charge in [0.15, 0.2) is 0 Å². The number of aliphatic carboxylic acids is 1. The molecule has 5 nitrogen and oxygen atoms in total. The number of hydrogen-bond acceptors (Lipinski definition) is 3. The van der Waals surface area contributed by atoms with Gasteiger partial charge in [-0.1, -0.05) is 12.1 Å². The van der Waals surface area contributed by atoms with Gasteiger partial charge in [-0.2, -0.15) is 5.26 Å². The van der Waals surface area contributed by atoms with E-state index in [0.717, 1.165) is 11.0 Å². The van der Waals surface area contributed by atoms with Crippen molar-refractivity contribution < 1.29 is 9.90 Å². The summed E-state index contributed by atoms with van der Waals surface area (Å²) in [4.78, 5) is 15.1. The Morgan fingerprint density at radius 3 is 2.95 bits per heavy atom. The number of nitriles is 1. The molecule has 96 valence electrons. The predicted molar refractivity (Wildman–Crippen MR) is 70.4 cm³/mol. The smallest absolute Gasteiger partial charge is 0.328 e. The first-order chi connectivity index (χ1) is 9.11. The molecule has 0 spiro atoms. The SMILES string of the molecule is CC(=CC(=O)O)Cn1c(CC#N)nc2ccccc21. The van der Waals surface area contributed by atoms with Crippen LogP contribution in [0.1, 0.15) is 12.7 Å². The van der Waals surface area contributed by atoms with Gasteiger partial charge in [0.25, 0.3) is 0 Å². The third-order valence-electron chi connectivity index (χ3n) is 2.75. The number of imidazole rings is 1. The van der Waals surface area contributed by atoms with E-state index in [1.54, 1.807) is 6.92 Å². The normalized spacial score (nSPS) is 11.5. The Morgan fingerprint density at radius 1 is 1.53 bits per heavy atom. The first kappa shape index (κ1) is 12.8. The van der Waals surface area contributed by atoms with Crippen LogP contribution in [-0.2, 0) is 17.8 Å². The Morgan fingerprint density at radius 2 is 2.26 bits per heavy atom. The van der Waals surface area contributed by atoms with Crippen molar-refractivity contribution in [3.8, 4) is 6.07 Å². The topological polar surface area (TPSA) is 78.9 Å². The molecule has 0 saturated carbocycles. The highest BCUT2D eigenvalue weighted by Gasteiger charge is 2.10. The quantitative estimate of drug-likeness (QED) is 0.849. The number of allylic oxidation sites excluding steroid dienone is 1. The van der Waals surface area contributed by atoms with Crippen molar-refractivity contribution >= 4 is 17.0 Å². The summed E-state index contributed by atoms with van der Waals surface area (Å²) in [6.07, 6.45) is 1.37. The minimum Gasteiger partial charge on any atom is -0.478 e. The second-order valence-corrected chi connectivity index (χ2v) is 4.27. The van der Waals surface area contributed by atoms with E-state index in [-0.39, 0.29) is 6.42 Å². The number of fused-ring (bicyclic) bond motifs is 1. The Kier molecular flexibility index (Phi) is 3.62. The molecule has 2 rings (SSSR count). The Labute approximate surface area is 110 Å². The summed E-state index contributed by atoms with van der Waals surface area (Å²) >= 11 is 0. The molecule has 0 aliphatic heterocycles. The fourth-order valence-electron chi connectivity index (χ4n) is 2.01. The molecule has 0 aliphatic carbocycles. The van der Waals surface area contributed by atoms with E-state index < -0.39 is 5.97 Å². The summed E-state index contributed by atoms with van der Waals surface area (Å²) in [5.74, 6) is -0.314. The number of rotatable bonds is 4. The number of benzene rings is 1. The highest BCUT2D eigenvalue weighted by Crippen LogP contribution is 2.17. The van der Waals surface area contributed by atoms with Gasteiger partial charge in [-0.05, 0) is 24.6 Å². The van der Waals surface area contributed by atoms with Gasteiger partial charge in [-0.3, -0.25) is 0 Å². The van der Waals surface area contributed by atoms with E-state index in [9.17, 15) is 4.79 Å². The molecule has 0 saturated heterocycles.